The molecule has 1 fully saturated rings. The number of para-hydroxylation sites is 1. The number of hydrogen-bond acceptors (Lipinski definition) is 5. The molecule has 170 valence electrons. The summed E-state index contributed by atoms with van der Waals surface area (Å²) in [5.41, 5.74) is 4.89. The number of pyridine rings is 1. The average Bonchev–Trinajstić information content (AvgIpc) is 3.31. The van der Waals surface area contributed by atoms with Crippen molar-refractivity contribution in [3.8, 4) is 11.5 Å². The smallest absolute Gasteiger partial charge is 0.231 e. The normalized spacial score (nSPS) is 15.5. The second-order valence-corrected chi connectivity index (χ2v) is 8.58. The third-order valence-corrected chi connectivity index (χ3v) is 6.48. The van der Waals surface area contributed by atoms with E-state index in [9.17, 15) is 0 Å². The first-order chi connectivity index (χ1) is 15.4. The quantitative estimate of drug-likeness (QED) is 0.408. The van der Waals surface area contributed by atoms with E-state index in [0.29, 0.717) is 12.7 Å². The van der Waals surface area contributed by atoms with E-state index in [1.165, 1.54) is 48.7 Å². The highest BCUT2D eigenvalue weighted by Crippen LogP contribution is 2.36. The fourth-order valence-corrected chi connectivity index (χ4v) is 4.80. The predicted octanol–water partition coefficient (Wildman–Crippen LogP) is 6.02. The van der Waals surface area contributed by atoms with Crippen LogP contribution >= 0.6 is 12.4 Å². The third-order valence-electron chi connectivity index (χ3n) is 6.48. The van der Waals surface area contributed by atoms with Gasteiger partial charge in [-0.3, -0.25) is 4.98 Å². The number of aromatic nitrogens is 1. The van der Waals surface area contributed by atoms with Crippen LogP contribution in [0.25, 0.3) is 10.9 Å². The third kappa shape index (κ3) is 5.11. The monoisotopic (exact) mass is 453 g/mol. The molecule has 2 N–H and O–H groups in total. The van der Waals surface area contributed by atoms with Gasteiger partial charge in [-0.25, -0.2) is 0 Å². The lowest BCUT2D eigenvalue weighted by Crippen LogP contribution is -2.18. The highest BCUT2D eigenvalue weighted by molar-refractivity contribution is 5.91. The van der Waals surface area contributed by atoms with Crippen molar-refractivity contribution in [1.82, 2.24) is 10.3 Å². The topological polar surface area (TPSA) is 55.4 Å². The number of rotatable bonds is 8. The molecule has 1 aromatic heterocycles. The minimum atomic E-state index is 0. The maximum atomic E-state index is 5.57. The summed E-state index contributed by atoms with van der Waals surface area (Å²) in [6.07, 6.45) is 9.71. The molecule has 1 saturated carbocycles. The molecular formula is C26H32ClN3O2. The van der Waals surface area contributed by atoms with Crippen LogP contribution < -0.4 is 20.1 Å². The summed E-state index contributed by atoms with van der Waals surface area (Å²) in [6, 6.07) is 15.0. The summed E-state index contributed by atoms with van der Waals surface area (Å²) in [5, 5.41) is 8.33. The summed E-state index contributed by atoms with van der Waals surface area (Å²) >= 11 is 0. The summed E-state index contributed by atoms with van der Waals surface area (Å²) in [5.74, 6) is 2.44. The lowest BCUT2D eigenvalue weighted by atomic mass is 9.84. The minimum Gasteiger partial charge on any atom is -0.454 e. The van der Waals surface area contributed by atoms with Gasteiger partial charge >= 0.3 is 0 Å². The molecule has 2 heterocycles. The number of nitrogens with zero attached hydrogens (tertiary/aromatic N) is 1. The number of benzene rings is 2. The first kappa shape index (κ1) is 22.7. The number of anilines is 1. The van der Waals surface area contributed by atoms with Crippen molar-refractivity contribution in [1.29, 1.82) is 0 Å². The molecule has 1 aliphatic heterocycles. The van der Waals surface area contributed by atoms with E-state index in [4.69, 9.17) is 9.47 Å². The lowest BCUT2D eigenvalue weighted by Gasteiger charge is -2.22. The van der Waals surface area contributed by atoms with E-state index < -0.39 is 0 Å². The van der Waals surface area contributed by atoms with Gasteiger partial charge in [0.15, 0.2) is 11.5 Å². The van der Waals surface area contributed by atoms with E-state index in [2.05, 4.69) is 45.9 Å². The Balaban J connectivity index is 0.00000245. The summed E-state index contributed by atoms with van der Waals surface area (Å²) in [4.78, 5) is 4.64. The first-order valence-corrected chi connectivity index (χ1v) is 11.6. The molecule has 0 spiro atoms. The van der Waals surface area contributed by atoms with Gasteiger partial charge in [-0.1, -0.05) is 43.5 Å². The largest absolute Gasteiger partial charge is 0.454 e. The van der Waals surface area contributed by atoms with Gasteiger partial charge in [0.2, 0.25) is 6.79 Å². The van der Waals surface area contributed by atoms with Crippen LogP contribution in [-0.4, -0.2) is 24.9 Å². The zero-order valence-corrected chi connectivity index (χ0v) is 19.3. The van der Waals surface area contributed by atoms with Gasteiger partial charge in [0, 0.05) is 35.9 Å². The van der Waals surface area contributed by atoms with Crippen molar-refractivity contribution in [2.24, 2.45) is 0 Å². The summed E-state index contributed by atoms with van der Waals surface area (Å²) in [7, 11) is 0. The first-order valence-electron chi connectivity index (χ1n) is 11.6. The number of hydrogen-bond donors (Lipinski definition) is 2. The Kier molecular flexibility index (Phi) is 7.72. The van der Waals surface area contributed by atoms with E-state index in [1.54, 1.807) is 0 Å². The Labute approximate surface area is 196 Å². The average molecular weight is 454 g/mol. The molecule has 0 amide bonds. The van der Waals surface area contributed by atoms with E-state index in [1.807, 2.05) is 18.3 Å². The van der Waals surface area contributed by atoms with Crippen LogP contribution in [0.4, 0.5) is 5.69 Å². The van der Waals surface area contributed by atoms with Gasteiger partial charge in [-0.2, -0.15) is 0 Å². The van der Waals surface area contributed by atoms with Crippen molar-refractivity contribution >= 4 is 29.0 Å². The van der Waals surface area contributed by atoms with Gasteiger partial charge in [0.1, 0.15) is 0 Å². The Morgan fingerprint density at radius 2 is 1.88 bits per heavy atom. The fourth-order valence-electron chi connectivity index (χ4n) is 4.80. The number of ether oxygens (including phenoxy) is 2. The van der Waals surface area contributed by atoms with Crippen molar-refractivity contribution in [3.05, 3.63) is 59.8 Å². The molecule has 0 atom stereocenters. The van der Waals surface area contributed by atoms with Crippen LogP contribution in [0.1, 0.15) is 55.6 Å². The Hall–Kier alpha value is -2.50. The highest BCUT2D eigenvalue weighted by atomic mass is 35.5. The van der Waals surface area contributed by atoms with E-state index >= 15 is 0 Å². The van der Waals surface area contributed by atoms with Crippen LogP contribution in [0.5, 0.6) is 11.5 Å². The van der Waals surface area contributed by atoms with E-state index in [-0.39, 0.29) is 12.4 Å². The molecule has 32 heavy (non-hydrogen) atoms. The molecule has 0 unspecified atom stereocenters. The molecule has 0 radical (unpaired) electrons. The molecule has 3 aromatic rings. The molecule has 6 heteroatoms. The van der Waals surface area contributed by atoms with Crippen LogP contribution in [0.3, 0.4) is 0 Å². The highest BCUT2D eigenvalue weighted by Gasteiger charge is 2.17. The molecule has 5 nitrogen and oxygen atoms in total. The second kappa shape index (κ2) is 10.9. The molecular weight excluding hydrogens is 422 g/mol. The van der Waals surface area contributed by atoms with Crippen molar-refractivity contribution in [2.75, 3.05) is 25.2 Å². The van der Waals surface area contributed by atoms with Gasteiger partial charge in [-0.05, 0) is 55.5 Å². The molecule has 2 aliphatic rings. The SMILES string of the molecule is Cl.c1cc(CNCCCNc2ccnc3cc(C4CCCCC4)ccc23)c2c(c1)OCO2. The summed E-state index contributed by atoms with van der Waals surface area (Å²) < 4.78 is 11.0. The van der Waals surface area contributed by atoms with Crippen LogP contribution in [0.15, 0.2) is 48.7 Å². The maximum absolute atomic E-state index is 5.57. The number of fused-ring (bicyclic) bond motifs is 2. The van der Waals surface area contributed by atoms with Crippen molar-refractivity contribution < 1.29 is 9.47 Å². The van der Waals surface area contributed by atoms with Crippen LogP contribution in [-0.2, 0) is 6.54 Å². The molecule has 5 rings (SSSR count). The zero-order chi connectivity index (χ0) is 20.9. The van der Waals surface area contributed by atoms with Crippen LogP contribution in [0, 0.1) is 0 Å². The number of nitrogens with one attached hydrogen (secondary N) is 2. The Bertz CT molecular complexity index is 1040. The molecule has 0 saturated heterocycles. The summed E-state index contributed by atoms with van der Waals surface area (Å²) in [6.45, 7) is 2.96. The molecule has 0 bridgehead atoms. The Morgan fingerprint density at radius 3 is 2.78 bits per heavy atom. The molecule has 1 aliphatic carbocycles. The van der Waals surface area contributed by atoms with Gasteiger partial charge < -0.3 is 20.1 Å². The standard InChI is InChI=1S/C26H31N3O2.ClH/c1-2-6-19(7-3-1)20-10-11-22-23(12-15-29-24(22)16-20)28-14-5-13-27-17-21-8-4-9-25-26(21)31-18-30-25;/h4,8-12,15-16,19,27H,1-3,5-7,13-14,17-18H2,(H,28,29);1H. The van der Waals surface area contributed by atoms with Gasteiger partial charge in [-0.15, -0.1) is 12.4 Å². The zero-order valence-electron chi connectivity index (χ0n) is 18.4. The second-order valence-electron chi connectivity index (χ2n) is 8.58. The van der Waals surface area contributed by atoms with Crippen molar-refractivity contribution in [2.45, 2.75) is 51.0 Å². The molecule has 2 aromatic carbocycles. The van der Waals surface area contributed by atoms with E-state index in [0.717, 1.165) is 48.6 Å². The lowest BCUT2D eigenvalue weighted by molar-refractivity contribution is 0.173. The van der Waals surface area contributed by atoms with Gasteiger partial charge in [0.25, 0.3) is 0 Å². The predicted molar refractivity (Wildman–Crippen MR) is 132 cm³/mol. The fraction of sp³-hybridized carbons (Fsp3) is 0.423. The minimum absolute atomic E-state index is 0. The Morgan fingerprint density at radius 1 is 0.969 bits per heavy atom. The maximum Gasteiger partial charge on any atom is 0.231 e. The number of halogens is 1. The van der Waals surface area contributed by atoms with Gasteiger partial charge in [0.05, 0.1) is 5.52 Å². The van der Waals surface area contributed by atoms with Crippen LogP contribution in [0.2, 0.25) is 0 Å². The van der Waals surface area contributed by atoms with Crippen molar-refractivity contribution in [3.63, 3.8) is 0 Å².